The lowest BCUT2D eigenvalue weighted by molar-refractivity contribution is 0.627. The van der Waals surface area contributed by atoms with Crippen LogP contribution in [-0.4, -0.2) is 19.4 Å². The minimum atomic E-state index is -0.244. The van der Waals surface area contributed by atoms with Gasteiger partial charge in [-0.3, -0.25) is 5.41 Å². The van der Waals surface area contributed by atoms with E-state index >= 15 is 0 Å². The monoisotopic (exact) mass is 209 g/mol. The van der Waals surface area contributed by atoms with Crippen molar-refractivity contribution in [3.63, 3.8) is 0 Å². The summed E-state index contributed by atoms with van der Waals surface area (Å²) in [6.07, 6.45) is 0. The molecule has 1 rings (SSSR count). The van der Waals surface area contributed by atoms with Gasteiger partial charge in [0.05, 0.1) is 5.84 Å². The van der Waals surface area contributed by atoms with Crippen molar-refractivity contribution < 1.29 is 4.39 Å². The summed E-state index contributed by atoms with van der Waals surface area (Å²) in [6, 6.07) is 6.26. The van der Waals surface area contributed by atoms with E-state index in [2.05, 4.69) is 0 Å². The number of hydrogen-bond acceptors (Lipinski definition) is 2. The summed E-state index contributed by atoms with van der Waals surface area (Å²) in [4.78, 5) is 1.95. The maximum atomic E-state index is 12.7. The van der Waals surface area contributed by atoms with Crippen LogP contribution in [-0.2, 0) is 0 Å². The Balaban J connectivity index is 2.64. The molecule has 0 spiro atoms. The molecule has 1 aromatic carbocycles. The van der Waals surface area contributed by atoms with Gasteiger partial charge in [0.2, 0.25) is 0 Å². The second kappa shape index (κ2) is 4.77. The van der Waals surface area contributed by atoms with Gasteiger partial charge in [-0.15, -0.1) is 0 Å². The van der Waals surface area contributed by atoms with Crippen LogP contribution >= 0.6 is 0 Å². The van der Waals surface area contributed by atoms with Gasteiger partial charge < -0.3 is 10.6 Å². The molecule has 0 aliphatic heterocycles. The average Bonchev–Trinajstić information content (AvgIpc) is 2.18. The number of nitrogens with one attached hydrogen (secondary N) is 1. The largest absolute Gasteiger partial charge is 0.387 e. The Kier molecular flexibility index (Phi) is 3.66. The van der Waals surface area contributed by atoms with Crippen LogP contribution < -0.4 is 10.6 Å². The number of anilines is 1. The molecule has 1 atom stereocenters. The first-order chi connectivity index (χ1) is 7.00. The number of nitrogens with two attached hydrogens (primary N) is 1. The van der Waals surface area contributed by atoms with Gasteiger partial charge in [-0.05, 0) is 24.3 Å². The molecule has 1 aromatic rings. The zero-order chi connectivity index (χ0) is 11.4. The molecule has 0 aliphatic carbocycles. The minimum absolute atomic E-state index is 0.0000491. The molecule has 0 aromatic heterocycles. The van der Waals surface area contributed by atoms with Crippen molar-refractivity contribution in [1.82, 2.24) is 0 Å². The fourth-order valence-electron chi connectivity index (χ4n) is 1.31. The Morgan fingerprint density at radius 1 is 1.47 bits per heavy atom. The molecule has 0 saturated carbocycles. The summed E-state index contributed by atoms with van der Waals surface area (Å²) in [5, 5.41) is 7.28. The van der Waals surface area contributed by atoms with E-state index < -0.39 is 0 Å². The number of halogens is 1. The summed E-state index contributed by atoms with van der Waals surface area (Å²) >= 11 is 0. The Hall–Kier alpha value is -1.58. The van der Waals surface area contributed by atoms with Crippen LogP contribution in [0.2, 0.25) is 0 Å². The van der Waals surface area contributed by atoms with Crippen LogP contribution in [0.4, 0.5) is 10.1 Å². The number of hydrogen-bond donors (Lipinski definition) is 2. The van der Waals surface area contributed by atoms with Crippen molar-refractivity contribution in [2.45, 2.75) is 6.92 Å². The Labute approximate surface area is 89.2 Å². The standard InChI is InChI=1S/C11H16FN3/c1-8(11(13)14)7-15(2)10-5-3-9(12)4-6-10/h3-6,8H,7H2,1-2H3,(H3,13,14). The number of rotatable bonds is 4. The Morgan fingerprint density at radius 2 is 2.00 bits per heavy atom. The second-order valence-electron chi connectivity index (χ2n) is 3.71. The summed E-state index contributed by atoms with van der Waals surface area (Å²) in [5.41, 5.74) is 6.30. The molecule has 3 N–H and O–H groups in total. The number of nitrogens with zero attached hydrogens (tertiary/aromatic N) is 1. The van der Waals surface area contributed by atoms with Gasteiger partial charge in [0, 0.05) is 25.2 Å². The van der Waals surface area contributed by atoms with E-state index in [4.69, 9.17) is 11.1 Å². The predicted octanol–water partition coefficient (Wildman–Crippen LogP) is 1.83. The predicted molar refractivity (Wildman–Crippen MR) is 60.7 cm³/mol. The lowest BCUT2D eigenvalue weighted by atomic mass is 10.1. The van der Waals surface area contributed by atoms with Crippen molar-refractivity contribution in [1.29, 1.82) is 5.41 Å². The van der Waals surface area contributed by atoms with Gasteiger partial charge in [-0.2, -0.15) is 0 Å². The molecule has 0 bridgehead atoms. The molecule has 82 valence electrons. The maximum Gasteiger partial charge on any atom is 0.123 e. The van der Waals surface area contributed by atoms with E-state index in [1.807, 2.05) is 18.9 Å². The first-order valence-corrected chi connectivity index (χ1v) is 4.81. The smallest absolute Gasteiger partial charge is 0.123 e. The van der Waals surface area contributed by atoms with Crippen LogP contribution in [0.15, 0.2) is 24.3 Å². The summed E-state index contributed by atoms with van der Waals surface area (Å²) in [5.74, 6) is -0.0734. The second-order valence-corrected chi connectivity index (χ2v) is 3.71. The average molecular weight is 209 g/mol. The summed E-state index contributed by atoms with van der Waals surface area (Å²) in [7, 11) is 1.90. The number of amidine groups is 1. The first-order valence-electron chi connectivity index (χ1n) is 4.81. The highest BCUT2D eigenvalue weighted by molar-refractivity contribution is 5.79. The van der Waals surface area contributed by atoms with E-state index in [1.54, 1.807) is 12.1 Å². The zero-order valence-electron chi connectivity index (χ0n) is 9.00. The van der Waals surface area contributed by atoms with E-state index in [-0.39, 0.29) is 17.6 Å². The van der Waals surface area contributed by atoms with Gasteiger partial charge in [0.1, 0.15) is 5.82 Å². The molecule has 4 heteroatoms. The van der Waals surface area contributed by atoms with Crippen LogP contribution in [0.5, 0.6) is 0 Å². The molecule has 0 heterocycles. The fraction of sp³-hybridized carbons (Fsp3) is 0.364. The van der Waals surface area contributed by atoms with Gasteiger partial charge in [0.15, 0.2) is 0 Å². The van der Waals surface area contributed by atoms with E-state index in [0.29, 0.717) is 6.54 Å². The van der Waals surface area contributed by atoms with Crippen LogP contribution in [0.3, 0.4) is 0 Å². The molecule has 0 aliphatic rings. The summed E-state index contributed by atoms with van der Waals surface area (Å²) in [6.45, 7) is 2.54. The molecule has 3 nitrogen and oxygen atoms in total. The van der Waals surface area contributed by atoms with Crippen LogP contribution in [0.25, 0.3) is 0 Å². The van der Waals surface area contributed by atoms with Crippen molar-refractivity contribution in [2.24, 2.45) is 11.7 Å². The highest BCUT2D eigenvalue weighted by atomic mass is 19.1. The normalized spacial score (nSPS) is 12.2. The molecule has 0 radical (unpaired) electrons. The van der Waals surface area contributed by atoms with E-state index in [9.17, 15) is 4.39 Å². The minimum Gasteiger partial charge on any atom is -0.387 e. The van der Waals surface area contributed by atoms with Crippen LogP contribution in [0.1, 0.15) is 6.92 Å². The molecule has 0 fully saturated rings. The molecule has 1 unspecified atom stereocenters. The lowest BCUT2D eigenvalue weighted by Gasteiger charge is -2.22. The van der Waals surface area contributed by atoms with Gasteiger partial charge >= 0.3 is 0 Å². The molecular formula is C11H16FN3. The Bertz CT molecular complexity index is 334. The number of benzene rings is 1. The third-order valence-electron chi connectivity index (χ3n) is 2.35. The molecule has 15 heavy (non-hydrogen) atoms. The molecular weight excluding hydrogens is 193 g/mol. The van der Waals surface area contributed by atoms with Crippen molar-refractivity contribution in [2.75, 3.05) is 18.5 Å². The van der Waals surface area contributed by atoms with E-state index in [0.717, 1.165) is 5.69 Å². The zero-order valence-corrected chi connectivity index (χ0v) is 9.00. The third-order valence-corrected chi connectivity index (χ3v) is 2.35. The van der Waals surface area contributed by atoms with Crippen molar-refractivity contribution in [3.05, 3.63) is 30.1 Å². The Morgan fingerprint density at radius 3 is 2.47 bits per heavy atom. The van der Waals surface area contributed by atoms with E-state index in [1.165, 1.54) is 12.1 Å². The van der Waals surface area contributed by atoms with Gasteiger partial charge in [0.25, 0.3) is 0 Å². The van der Waals surface area contributed by atoms with Crippen LogP contribution in [0, 0.1) is 17.1 Å². The quantitative estimate of drug-likeness (QED) is 0.587. The van der Waals surface area contributed by atoms with Gasteiger partial charge in [-0.1, -0.05) is 6.92 Å². The highest BCUT2D eigenvalue weighted by Gasteiger charge is 2.09. The highest BCUT2D eigenvalue weighted by Crippen LogP contribution is 2.14. The fourth-order valence-corrected chi connectivity index (χ4v) is 1.31. The maximum absolute atomic E-state index is 12.7. The third kappa shape index (κ3) is 3.23. The lowest BCUT2D eigenvalue weighted by Crippen LogP contribution is -2.31. The summed E-state index contributed by atoms with van der Waals surface area (Å²) < 4.78 is 12.7. The van der Waals surface area contributed by atoms with Gasteiger partial charge in [-0.25, -0.2) is 4.39 Å². The first kappa shape index (κ1) is 11.5. The molecule has 0 amide bonds. The SMILES string of the molecule is CC(CN(C)c1ccc(F)cc1)C(=N)N. The topological polar surface area (TPSA) is 53.1 Å². The van der Waals surface area contributed by atoms with Crippen molar-refractivity contribution >= 4 is 11.5 Å². The molecule has 0 saturated heterocycles. The van der Waals surface area contributed by atoms with Crippen molar-refractivity contribution in [3.8, 4) is 0 Å².